The van der Waals surface area contributed by atoms with Crippen molar-refractivity contribution < 1.29 is 38.6 Å². The molecule has 0 bridgehead atoms. The number of phosphoric acid groups is 1. The Bertz CT molecular complexity index is 840. The Kier molecular flexibility index (Phi) is 5.12. The summed E-state index contributed by atoms with van der Waals surface area (Å²) in [5.41, 5.74) is 6.26. The Morgan fingerprint density at radius 2 is 2.08 bits per heavy atom. The number of rotatable bonds is 6. The number of aromatic nitrogens is 4. The summed E-state index contributed by atoms with van der Waals surface area (Å²) in [7, 11) is -4.75. The largest absolute Gasteiger partial charge is 0.469 e. The summed E-state index contributed by atoms with van der Waals surface area (Å²) in [6.07, 6.45) is -3.90. The molecule has 0 unspecified atom stereocenters. The van der Waals surface area contributed by atoms with Gasteiger partial charge in [-0.2, -0.15) is 9.97 Å². The highest BCUT2D eigenvalue weighted by Crippen LogP contribution is 2.39. The van der Waals surface area contributed by atoms with Crippen LogP contribution >= 0.6 is 7.82 Å². The number of nitrogen functional groups attached to an aromatic ring is 1. The third kappa shape index (κ3) is 3.64. The maximum absolute atomic E-state index is 10.8. The van der Waals surface area contributed by atoms with Crippen LogP contribution in [0.3, 0.4) is 0 Å². The predicted octanol–water partition coefficient (Wildman–Crippen LogP) is -1.46. The molecule has 0 aromatic carbocycles. The van der Waals surface area contributed by atoms with Gasteiger partial charge in [-0.25, -0.2) is 9.55 Å². The van der Waals surface area contributed by atoms with Gasteiger partial charge in [-0.1, -0.05) is 0 Å². The summed E-state index contributed by atoms with van der Waals surface area (Å²) in [4.78, 5) is 29.7. The normalized spacial score (nSPS) is 26.5. The van der Waals surface area contributed by atoms with Gasteiger partial charge in [0.2, 0.25) is 0 Å². The van der Waals surface area contributed by atoms with E-state index in [9.17, 15) is 14.8 Å². The number of imidazole rings is 1. The zero-order valence-electron chi connectivity index (χ0n) is 13.5. The van der Waals surface area contributed by atoms with Crippen LogP contribution in [0.15, 0.2) is 6.33 Å². The summed E-state index contributed by atoms with van der Waals surface area (Å²) in [5, 5.41) is 20.3. The monoisotopic (exact) mass is 391 g/mol. The van der Waals surface area contributed by atoms with Crippen LogP contribution in [0.25, 0.3) is 11.2 Å². The van der Waals surface area contributed by atoms with Gasteiger partial charge in [0.1, 0.15) is 18.3 Å². The van der Waals surface area contributed by atoms with Crippen molar-refractivity contribution in [2.75, 3.05) is 18.9 Å². The van der Waals surface area contributed by atoms with E-state index in [0.29, 0.717) is 6.61 Å². The van der Waals surface area contributed by atoms with E-state index in [2.05, 4.69) is 19.5 Å². The van der Waals surface area contributed by atoms with Gasteiger partial charge in [0.05, 0.1) is 19.5 Å². The second-order valence-corrected chi connectivity index (χ2v) is 6.72. The third-order valence-corrected chi connectivity index (χ3v) is 4.21. The van der Waals surface area contributed by atoms with Crippen LogP contribution < -0.4 is 10.5 Å². The lowest BCUT2D eigenvalue weighted by Gasteiger charge is -2.16. The van der Waals surface area contributed by atoms with Gasteiger partial charge in [-0.05, 0) is 6.92 Å². The zero-order chi connectivity index (χ0) is 19.1. The van der Waals surface area contributed by atoms with Gasteiger partial charge < -0.3 is 35.2 Å². The molecule has 14 heteroatoms. The van der Waals surface area contributed by atoms with E-state index < -0.39 is 39.0 Å². The van der Waals surface area contributed by atoms with Crippen molar-refractivity contribution in [2.45, 2.75) is 31.5 Å². The van der Waals surface area contributed by atoms with E-state index in [1.54, 1.807) is 6.92 Å². The van der Waals surface area contributed by atoms with E-state index in [4.69, 9.17) is 25.0 Å². The third-order valence-electron chi connectivity index (χ3n) is 3.72. The second-order valence-electron chi connectivity index (χ2n) is 5.48. The Labute approximate surface area is 146 Å². The summed E-state index contributed by atoms with van der Waals surface area (Å²) < 4.78 is 27.2. The highest BCUT2D eigenvalue weighted by molar-refractivity contribution is 7.46. The van der Waals surface area contributed by atoms with Gasteiger partial charge in [0.15, 0.2) is 23.2 Å². The van der Waals surface area contributed by atoms with Gasteiger partial charge >= 0.3 is 13.8 Å². The molecule has 2 aromatic rings. The van der Waals surface area contributed by atoms with E-state index in [-0.39, 0.29) is 23.0 Å². The van der Waals surface area contributed by atoms with E-state index in [1.165, 1.54) is 10.9 Å². The Balaban J connectivity index is 1.90. The van der Waals surface area contributed by atoms with Crippen molar-refractivity contribution >= 4 is 24.8 Å². The molecule has 13 nitrogen and oxygen atoms in total. The van der Waals surface area contributed by atoms with Gasteiger partial charge in [0, 0.05) is 0 Å². The van der Waals surface area contributed by atoms with Crippen LogP contribution in [0.2, 0.25) is 0 Å². The smallest absolute Gasteiger partial charge is 0.464 e. The number of hydrogen-bond acceptors (Lipinski definition) is 10. The van der Waals surface area contributed by atoms with Crippen molar-refractivity contribution in [3.63, 3.8) is 0 Å². The van der Waals surface area contributed by atoms with Crippen LogP contribution in [-0.2, 0) is 13.8 Å². The Morgan fingerprint density at radius 1 is 1.35 bits per heavy atom. The molecule has 2 aromatic heterocycles. The van der Waals surface area contributed by atoms with Crippen LogP contribution in [0.4, 0.5) is 5.82 Å². The number of aliphatic hydroxyl groups excluding tert-OH is 2. The Morgan fingerprint density at radius 3 is 2.73 bits per heavy atom. The number of ether oxygens (including phenoxy) is 2. The molecule has 1 aliphatic heterocycles. The topological polar surface area (TPSA) is 195 Å². The lowest BCUT2D eigenvalue weighted by Crippen LogP contribution is -2.33. The minimum Gasteiger partial charge on any atom is -0.464 e. The summed E-state index contributed by atoms with van der Waals surface area (Å²) >= 11 is 0. The number of phosphoric ester groups is 1. The van der Waals surface area contributed by atoms with Crippen molar-refractivity contribution in [1.29, 1.82) is 0 Å². The lowest BCUT2D eigenvalue weighted by atomic mass is 10.1. The number of hydrogen-bond donors (Lipinski definition) is 5. The zero-order valence-corrected chi connectivity index (χ0v) is 14.4. The minimum absolute atomic E-state index is 0.00803. The maximum Gasteiger partial charge on any atom is 0.469 e. The first kappa shape index (κ1) is 18.9. The van der Waals surface area contributed by atoms with Crippen LogP contribution in [0.1, 0.15) is 13.2 Å². The number of anilines is 1. The standard InChI is InChI=1S/C12H18N5O8P/c1-2-23-12-15-9(13)6-10(16-12)17(4-14-6)11-8(19)7(18)5(25-11)3-24-26(20,21)22/h4-5,7-8,11,18-19H,2-3H2,1H3,(H2,13,15,16)(H2,20,21,22)/t5-,7-,8-,11-/m1/s1. The molecule has 0 radical (unpaired) electrons. The molecule has 3 rings (SSSR count). The maximum atomic E-state index is 10.8. The molecule has 0 spiro atoms. The van der Waals surface area contributed by atoms with Crippen molar-refractivity contribution in [1.82, 2.24) is 19.5 Å². The van der Waals surface area contributed by atoms with Crippen molar-refractivity contribution in [3.05, 3.63) is 6.33 Å². The minimum atomic E-state index is -4.75. The fourth-order valence-electron chi connectivity index (χ4n) is 2.56. The van der Waals surface area contributed by atoms with E-state index >= 15 is 0 Å². The van der Waals surface area contributed by atoms with Crippen molar-refractivity contribution in [3.8, 4) is 6.01 Å². The van der Waals surface area contributed by atoms with Crippen LogP contribution in [0, 0.1) is 0 Å². The fraction of sp³-hybridized carbons (Fsp3) is 0.583. The molecule has 26 heavy (non-hydrogen) atoms. The molecule has 3 heterocycles. The summed E-state index contributed by atoms with van der Waals surface area (Å²) in [6.45, 7) is 1.43. The molecule has 4 atom stereocenters. The quantitative estimate of drug-likeness (QED) is 0.359. The van der Waals surface area contributed by atoms with Crippen LogP contribution in [-0.4, -0.2) is 71.0 Å². The SMILES string of the molecule is CCOc1nc(N)c2ncn([C@@H]3O[C@H](COP(=O)(O)O)[C@@H](O)[C@H]3O)c2n1. The first-order valence-corrected chi connectivity index (χ1v) is 9.08. The molecule has 1 fully saturated rings. The highest BCUT2D eigenvalue weighted by atomic mass is 31.2. The molecule has 0 aliphatic carbocycles. The van der Waals surface area contributed by atoms with Crippen LogP contribution in [0.5, 0.6) is 6.01 Å². The molecule has 144 valence electrons. The average Bonchev–Trinajstić information content (AvgIpc) is 3.08. The first-order valence-electron chi connectivity index (χ1n) is 7.55. The molecule has 0 amide bonds. The fourth-order valence-corrected chi connectivity index (χ4v) is 2.91. The average molecular weight is 391 g/mol. The first-order chi connectivity index (χ1) is 12.2. The number of nitrogens with two attached hydrogens (primary N) is 1. The molecular formula is C12H18N5O8P. The molecule has 1 saturated heterocycles. The molecular weight excluding hydrogens is 373 g/mol. The lowest BCUT2D eigenvalue weighted by molar-refractivity contribution is -0.0504. The number of fused-ring (bicyclic) bond motifs is 1. The molecule has 6 N–H and O–H groups in total. The van der Waals surface area contributed by atoms with Gasteiger partial charge in [0.25, 0.3) is 0 Å². The van der Waals surface area contributed by atoms with Gasteiger partial charge in [-0.3, -0.25) is 9.09 Å². The van der Waals surface area contributed by atoms with Crippen molar-refractivity contribution in [2.24, 2.45) is 0 Å². The molecule has 0 saturated carbocycles. The predicted molar refractivity (Wildman–Crippen MR) is 84.8 cm³/mol. The summed E-state index contributed by atoms with van der Waals surface area (Å²) in [6, 6.07) is 0.00803. The Hall–Kier alpha value is -1.86. The second kappa shape index (κ2) is 7.04. The van der Waals surface area contributed by atoms with Gasteiger partial charge in [-0.15, -0.1) is 0 Å². The summed E-state index contributed by atoms with van der Waals surface area (Å²) in [5.74, 6) is 0.0617. The van der Waals surface area contributed by atoms with E-state index in [1.807, 2.05) is 0 Å². The molecule has 1 aliphatic rings. The highest BCUT2D eigenvalue weighted by Gasteiger charge is 2.45. The van der Waals surface area contributed by atoms with E-state index in [0.717, 1.165) is 0 Å². The number of nitrogens with zero attached hydrogens (tertiary/aromatic N) is 4. The number of aliphatic hydroxyl groups is 2.